The fourth-order valence-corrected chi connectivity index (χ4v) is 4.14. The number of rotatable bonds is 0. The third-order valence-corrected chi connectivity index (χ3v) is 7.66. The lowest BCUT2D eigenvalue weighted by Crippen LogP contribution is -1.89. The van der Waals surface area contributed by atoms with Crippen molar-refractivity contribution in [2.45, 2.75) is 48.5 Å². The maximum Gasteiger partial charge on any atom is 0.131 e. The van der Waals surface area contributed by atoms with E-state index < -0.39 is 52.4 Å². The topological polar surface area (TPSA) is 0 Å². The van der Waals surface area contributed by atoms with Crippen molar-refractivity contribution in [2.75, 3.05) is 0 Å². The molecule has 61 heavy (non-hydrogen) atoms. The lowest BCUT2D eigenvalue weighted by Gasteiger charge is -1.96. The molecule has 7 aromatic rings. The van der Waals surface area contributed by atoms with E-state index in [2.05, 4.69) is 0 Å². The van der Waals surface area contributed by atoms with Gasteiger partial charge >= 0.3 is 0 Å². The minimum Gasteiger partial charge on any atom is -0.207 e. The summed E-state index contributed by atoms with van der Waals surface area (Å²) in [4.78, 5) is 0. The van der Waals surface area contributed by atoms with Gasteiger partial charge in [-0.25, -0.2) is 52.7 Å². The quantitative estimate of drug-likeness (QED) is 0.133. The predicted molar refractivity (Wildman–Crippen MR) is 218 cm³/mol. The third-order valence-electron chi connectivity index (χ3n) is 7.66. The van der Waals surface area contributed by atoms with Crippen LogP contribution in [0.1, 0.15) is 38.9 Å². The van der Waals surface area contributed by atoms with Gasteiger partial charge in [0, 0.05) is 35.4 Å². The lowest BCUT2D eigenvalue weighted by atomic mass is 10.2. The molecule has 7 rings (SSSR count). The Kier molecular flexibility index (Phi) is 23.7. The van der Waals surface area contributed by atoms with E-state index in [0.717, 1.165) is 23.3 Å². The molecule has 12 heteroatoms. The summed E-state index contributed by atoms with van der Waals surface area (Å²) in [5.74, 6) is -6.10. The van der Waals surface area contributed by atoms with Crippen LogP contribution >= 0.6 is 0 Å². The number of halogens is 12. The van der Waals surface area contributed by atoms with Crippen molar-refractivity contribution in [1.82, 2.24) is 0 Å². The molecule has 0 aliphatic rings. The summed E-state index contributed by atoms with van der Waals surface area (Å²) in [5, 5.41) is 0. The van der Waals surface area contributed by atoms with E-state index in [1.807, 2.05) is 26.0 Å². The van der Waals surface area contributed by atoms with Crippen LogP contribution in [-0.2, 0) is 0 Å². The highest BCUT2D eigenvalue weighted by molar-refractivity contribution is 5.20. The van der Waals surface area contributed by atoms with Gasteiger partial charge in [-0.05, 0) is 131 Å². The molecule has 0 atom stereocenters. The van der Waals surface area contributed by atoms with Crippen LogP contribution in [0.25, 0.3) is 0 Å². The molecule has 7 aromatic carbocycles. The maximum atomic E-state index is 12.4. The summed E-state index contributed by atoms with van der Waals surface area (Å²) in [6.07, 6.45) is 0. The zero-order valence-corrected chi connectivity index (χ0v) is 34.3. The highest BCUT2D eigenvalue weighted by atomic mass is 19.2. The van der Waals surface area contributed by atoms with Crippen LogP contribution in [0, 0.1) is 118 Å². The fraction of sp³-hybridized carbons (Fsp3) is 0.143. The van der Waals surface area contributed by atoms with E-state index in [-0.39, 0.29) is 28.6 Å². The Labute approximate surface area is 348 Å². The van der Waals surface area contributed by atoms with Gasteiger partial charge in [0.05, 0.1) is 0 Å². The van der Waals surface area contributed by atoms with Crippen LogP contribution in [0.15, 0.2) is 140 Å². The van der Waals surface area contributed by atoms with E-state index >= 15 is 0 Å². The molecular weight excluding hydrogens is 817 g/mol. The van der Waals surface area contributed by atoms with E-state index in [4.69, 9.17) is 0 Å². The average Bonchev–Trinajstić information content (AvgIpc) is 3.18. The third kappa shape index (κ3) is 22.6. The zero-order chi connectivity index (χ0) is 46.2. The molecule has 324 valence electrons. The summed E-state index contributed by atoms with van der Waals surface area (Å²) in [6, 6.07) is 31.6. The molecule has 0 saturated heterocycles. The van der Waals surface area contributed by atoms with Crippen molar-refractivity contribution >= 4 is 0 Å². The van der Waals surface area contributed by atoms with Gasteiger partial charge in [-0.2, -0.15) is 0 Å². The van der Waals surface area contributed by atoms with Gasteiger partial charge in [-0.3, -0.25) is 0 Å². The molecule has 0 unspecified atom stereocenters. The summed E-state index contributed by atoms with van der Waals surface area (Å²) < 4.78 is 147. The molecule has 0 radical (unpaired) electrons. The molecule has 0 heterocycles. The summed E-state index contributed by atoms with van der Waals surface area (Å²) in [6.45, 7) is 11.4. The maximum absolute atomic E-state index is 12.4. The SMILES string of the molecule is Cc1c(F)cc(F)cc1F.Cc1c(F)cccc1F.Cc1cc(F)cc(F)c1.Cc1ccc(F)cc1.Cc1ccc(F)cc1F.Cc1cccc(F)c1.Cc1ccccc1F. The Bertz CT molecular complexity index is 2220. The van der Waals surface area contributed by atoms with Crippen LogP contribution in [-0.4, -0.2) is 0 Å². The van der Waals surface area contributed by atoms with Crippen LogP contribution in [0.2, 0.25) is 0 Å². The lowest BCUT2D eigenvalue weighted by molar-refractivity contribution is 0.532. The van der Waals surface area contributed by atoms with Crippen molar-refractivity contribution in [1.29, 1.82) is 0 Å². The Morgan fingerprint density at radius 3 is 1.00 bits per heavy atom. The first kappa shape index (κ1) is 52.7. The summed E-state index contributed by atoms with van der Waals surface area (Å²) >= 11 is 0. The largest absolute Gasteiger partial charge is 0.207 e. The van der Waals surface area contributed by atoms with Crippen LogP contribution < -0.4 is 0 Å². The monoisotopic (exact) mass is 860 g/mol. The van der Waals surface area contributed by atoms with Gasteiger partial charge in [0.15, 0.2) is 0 Å². The molecule has 0 aromatic heterocycles. The Morgan fingerprint density at radius 2 is 0.623 bits per heavy atom. The minimum atomic E-state index is -0.888. The van der Waals surface area contributed by atoms with Gasteiger partial charge in [-0.1, -0.05) is 60.2 Å². The standard InChI is InChI=1S/C7H5F3.3C7H6F2.3C7H7F/c1-4-6(9)2-5(8)3-7(4)10;1-5-2-6(8)4-7(9)3-5;1-5-2-3-6(8)4-7(5)9;1-5-6(8)3-2-4-7(5)9;1-6-2-4-7(8)5-3-6;1-6-3-2-4-7(8)5-6;1-6-4-2-3-5-7(6)8/h2-3H,1H3;3*2-4H,1H3;3*2-5H,1H3. The highest BCUT2D eigenvalue weighted by Crippen LogP contribution is 2.13. The second kappa shape index (κ2) is 27.5. The minimum absolute atomic E-state index is 0.0810. The van der Waals surface area contributed by atoms with Crippen molar-refractivity contribution in [3.63, 3.8) is 0 Å². The first-order valence-corrected chi connectivity index (χ1v) is 18.1. The van der Waals surface area contributed by atoms with E-state index in [1.165, 1.54) is 86.6 Å². The van der Waals surface area contributed by atoms with Gasteiger partial charge in [0.1, 0.15) is 69.8 Å². The number of benzene rings is 7. The van der Waals surface area contributed by atoms with E-state index in [9.17, 15) is 52.7 Å². The number of hydrogen-bond donors (Lipinski definition) is 0. The highest BCUT2D eigenvalue weighted by Gasteiger charge is 2.05. The summed E-state index contributed by atoms with van der Waals surface area (Å²) in [5.41, 5.74) is 3.76. The Balaban J connectivity index is 0.000000356. The Morgan fingerprint density at radius 1 is 0.230 bits per heavy atom. The second-order valence-electron chi connectivity index (χ2n) is 13.0. The van der Waals surface area contributed by atoms with Gasteiger partial charge in [-0.15, -0.1) is 0 Å². The van der Waals surface area contributed by atoms with Crippen molar-refractivity contribution in [3.05, 3.63) is 248 Å². The normalized spacial score (nSPS) is 9.56. The van der Waals surface area contributed by atoms with Gasteiger partial charge < -0.3 is 0 Å². The van der Waals surface area contributed by atoms with E-state index in [0.29, 0.717) is 28.8 Å². The second-order valence-corrected chi connectivity index (χ2v) is 13.0. The van der Waals surface area contributed by atoms with Crippen molar-refractivity contribution in [2.24, 2.45) is 0 Å². The molecule has 0 saturated carbocycles. The van der Waals surface area contributed by atoms with Crippen LogP contribution in [0.5, 0.6) is 0 Å². The molecule has 0 bridgehead atoms. The molecule has 0 nitrogen and oxygen atoms in total. The van der Waals surface area contributed by atoms with Gasteiger partial charge in [0.2, 0.25) is 0 Å². The van der Waals surface area contributed by atoms with Crippen molar-refractivity contribution in [3.8, 4) is 0 Å². The first-order chi connectivity index (χ1) is 28.6. The summed E-state index contributed by atoms with van der Waals surface area (Å²) in [7, 11) is 0. The van der Waals surface area contributed by atoms with Crippen LogP contribution in [0.4, 0.5) is 52.7 Å². The molecule has 0 aliphatic heterocycles. The zero-order valence-electron chi connectivity index (χ0n) is 34.3. The molecule has 0 N–H and O–H groups in total. The smallest absolute Gasteiger partial charge is 0.131 e. The number of aryl methyl sites for hydroxylation is 5. The molecule has 0 fully saturated rings. The molecule has 0 spiro atoms. The number of hydrogen-bond acceptors (Lipinski definition) is 0. The first-order valence-electron chi connectivity index (χ1n) is 18.1. The molecular formula is C49H44F12. The fourth-order valence-electron chi connectivity index (χ4n) is 4.14. The van der Waals surface area contributed by atoms with Crippen LogP contribution in [0.3, 0.4) is 0 Å². The average molecular weight is 861 g/mol. The van der Waals surface area contributed by atoms with E-state index in [1.54, 1.807) is 51.1 Å². The Hall–Kier alpha value is -6.30. The van der Waals surface area contributed by atoms with Crippen molar-refractivity contribution < 1.29 is 52.7 Å². The molecule has 0 amide bonds. The predicted octanol–water partition coefficient (Wildman–Crippen LogP) is 15.6. The molecule has 0 aliphatic carbocycles. The van der Waals surface area contributed by atoms with Gasteiger partial charge in [0.25, 0.3) is 0 Å².